The van der Waals surface area contributed by atoms with Crippen LogP contribution >= 0.6 is 11.6 Å². The maximum Gasteiger partial charge on any atom is 0.146 e. The zero-order valence-electron chi connectivity index (χ0n) is 13.2. The molecule has 0 heterocycles. The van der Waals surface area contributed by atoms with E-state index in [0.717, 1.165) is 6.54 Å². The Bertz CT molecular complexity index is 465. The van der Waals surface area contributed by atoms with Crippen LogP contribution in [-0.2, 0) is 11.4 Å². The average Bonchev–Trinajstić information content (AvgIpc) is 2.36. The highest BCUT2D eigenvalue weighted by Crippen LogP contribution is 2.28. The third kappa shape index (κ3) is 5.75. The Kier molecular flexibility index (Phi) is 6.94. The maximum atomic E-state index is 14.2. The van der Waals surface area contributed by atoms with Crippen LogP contribution in [0, 0.1) is 5.82 Å². The molecule has 0 spiro atoms. The van der Waals surface area contributed by atoms with Crippen LogP contribution in [0.15, 0.2) is 18.2 Å². The molecule has 3 nitrogen and oxygen atoms in total. The standard InChI is InChI=1S/C15H24ClFN2OS/c1-15(2,3)21(20)18-13(9-10-19(4)5)11-7-6-8-12(16)14(11)17/h6-8,13,18H,9-10H2,1-5H3/t13?,21-/m0/s1. The molecule has 1 aromatic rings. The lowest BCUT2D eigenvalue weighted by Gasteiger charge is -2.29. The molecule has 0 aliphatic carbocycles. The van der Waals surface area contributed by atoms with E-state index < -0.39 is 21.9 Å². The Hall–Kier alpha value is -0.330. The van der Waals surface area contributed by atoms with Crippen molar-refractivity contribution in [3.8, 4) is 0 Å². The molecule has 6 heteroatoms. The van der Waals surface area contributed by atoms with Crippen molar-refractivity contribution in [1.29, 1.82) is 0 Å². The van der Waals surface area contributed by atoms with Gasteiger partial charge in [-0.3, -0.25) is 0 Å². The predicted octanol–water partition coefficient (Wildman–Crippen LogP) is 3.52. The fourth-order valence-electron chi connectivity index (χ4n) is 1.76. The highest BCUT2D eigenvalue weighted by atomic mass is 35.5. The van der Waals surface area contributed by atoms with Gasteiger partial charge in [0.25, 0.3) is 0 Å². The zero-order chi connectivity index (χ0) is 16.2. The maximum absolute atomic E-state index is 14.2. The van der Waals surface area contributed by atoms with Crippen LogP contribution in [0.2, 0.25) is 5.02 Å². The highest BCUT2D eigenvalue weighted by molar-refractivity contribution is 7.90. The number of halogens is 2. The number of rotatable bonds is 6. The van der Waals surface area contributed by atoms with Crippen LogP contribution in [0.1, 0.15) is 38.8 Å². The molecule has 0 fully saturated rings. The van der Waals surface area contributed by atoms with Crippen molar-refractivity contribution >= 4 is 23.0 Å². The molecule has 0 radical (unpaired) electrons. The zero-order valence-corrected chi connectivity index (χ0v) is 14.8. The van der Waals surface area contributed by atoms with Crippen LogP contribution in [-0.4, -0.2) is 34.8 Å². The van der Waals surface area contributed by atoms with Crippen LogP contribution in [0.4, 0.5) is 4.39 Å². The molecular formula is C15H24ClFN2OS. The van der Waals surface area contributed by atoms with Gasteiger partial charge in [-0.1, -0.05) is 23.7 Å². The third-order valence-electron chi connectivity index (χ3n) is 3.03. The first-order valence-corrected chi connectivity index (χ1v) is 8.42. The third-order valence-corrected chi connectivity index (χ3v) is 4.93. The van der Waals surface area contributed by atoms with E-state index in [-0.39, 0.29) is 11.1 Å². The summed E-state index contributed by atoms with van der Waals surface area (Å²) < 4.78 is 29.2. The SMILES string of the molecule is CN(C)CCC(N[S@@+]([O-])C(C)(C)C)c1cccc(Cl)c1F. The largest absolute Gasteiger partial charge is 0.598 e. The molecule has 0 saturated carbocycles. The molecule has 0 aliphatic heterocycles. The van der Waals surface area contributed by atoms with Crippen molar-refractivity contribution in [2.24, 2.45) is 0 Å². The fourth-order valence-corrected chi connectivity index (χ4v) is 2.80. The van der Waals surface area contributed by atoms with Crippen molar-refractivity contribution in [3.05, 3.63) is 34.6 Å². The minimum atomic E-state index is -1.28. The fraction of sp³-hybridized carbons (Fsp3) is 0.600. The lowest BCUT2D eigenvalue weighted by molar-refractivity contribution is 0.370. The smallest absolute Gasteiger partial charge is 0.146 e. The van der Waals surface area contributed by atoms with E-state index in [4.69, 9.17) is 11.6 Å². The lowest BCUT2D eigenvalue weighted by atomic mass is 10.0. The van der Waals surface area contributed by atoms with E-state index in [1.807, 2.05) is 39.8 Å². The Morgan fingerprint density at radius 1 is 1.38 bits per heavy atom. The van der Waals surface area contributed by atoms with Gasteiger partial charge < -0.3 is 9.45 Å². The summed E-state index contributed by atoms with van der Waals surface area (Å²) in [5.41, 5.74) is 0.460. The molecule has 21 heavy (non-hydrogen) atoms. The molecule has 0 aliphatic rings. The first-order valence-electron chi connectivity index (χ1n) is 6.89. The quantitative estimate of drug-likeness (QED) is 0.809. The Balaban J connectivity index is 2.99. The second kappa shape index (κ2) is 7.79. The summed E-state index contributed by atoms with van der Waals surface area (Å²) in [5.74, 6) is -0.443. The first kappa shape index (κ1) is 18.7. The molecule has 0 saturated heterocycles. The molecule has 2 atom stereocenters. The number of hydrogen-bond acceptors (Lipinski definition) is 3. The van der Waals surface area contributed by atoms with Crippen molar-refractivity contribution < 1.29 is 8.94 Å². The summed E-state index contributed by atoms with van der Waals surface area (Å²) >= 11 is 4.58. The van der Waals surface area contributed by atoms with Gasteiger partial charge in [-0.15, -0.1) is 4.72 Å². The minimum Gasteiger partial charge on any atom is -0.598 e. The summed E-state index contributed by atoms with van der Waals surface area (Å²) in [7, 11) is 3.90. The number of benzene rings is 1. The summed E-state index contributed by atoms with van der Waals surface area (Å²) in [6.07, 6.45) is 0.645. The Labute approximate surface area is 135 Å². The molecule has 0 bridgehead atoms. The van der Waals surface area contributed by atoms with E-state index in [0.29, 0.717) is 12.0 Å². The molecule has 1 unspecified atom stereocenters. The monoisotopic (exact) mass is 334 g/mol. The second-order valence-electron chi connectivity index (χ2n) is 6.29. The van der Waals surface area contributed by atoms with E-state index in [2.05, 4.69) is 4.72 Å². The summed E-state index contributed by atoms with van der Waals surface area (Å²) in [6.45, 7) is 6.40. The highest BCUT2D eigenvalue weighted by Gasteiger charge is 2.31. The normalized spacial score (nSPS) is 15.3. The summed E-state index contributed by atoms with van der Waals surface area (Å²) in [4.78, 5) is 2.01. The molecule has 120 valence electrons. The van der Waals surface area contributed by atoms with Gasteiger partial charge in [-0.25, -0.2) is 4.39 Å². The first-order chi connectivity index (χ1) is 9.62. The Morgan fingerprint density at radius 3 is 2.52 bits per heavy atom. The number of nitrogens with one attached hydrogen (secondary N) is 1. The van der Waals surface area contributed by atoms with Crippen LogP contribution < -0.4 is 4.72 Å². The summed E-state index contributed by atoms with van der Waals surface area (Å²) in [6, 6.07) is 4.58. The molecule has 1 N–H and O–H groups in total. The molecule has 1 aromatic carbocycles. The topological polar surface area (TPSA) is 38.3 Å². The van der Waals surface area contributed by atoms with Gasteiger partial charge in [-0.2, -0.15) is 0 Å². The van der Waals surface area contributed by atoms with Crippen LogP contribution in [0.3, 0.4) is 0 Å². The Morgan fingerprint density at radius 2 is 2.00 bits per heavy atom. The molecular weight excluding hydrogens is 311 g/mol. The van der Waals surface area contributed by atoms with Gasteiger partial charge in [0, 0.05) is 16.9 Å². The minimum absolute atomic E-state index is 0.0886. The van der Waals surface area contributed by atoms with E-state index in [1.165, 1.54) is 6.07 Å². The van der Waals surface area contributed by atoms with E-state index in [1.54, 1.807) is 12.1 Å². The van der Waals surface area contributed by atoms with E-state index >= 15 is 0 Å². The van der Waals surface area contributed by atoms with Crippen LogP contribution in [0.25, 0.3) is 0 Å². The van der Waals surface area contributed by atoms with Crippen molar-refractivity contribution in [2.75, 3.05) is 20.6 Å². The summed E-state index contributed by atoms with van der Waals surface area (Å²) in [5, 5.41) is 0.0886. The van der Waals surface area contributed by atoms with Crippen LogP contribution in [0.5, 0.6) is 0 Å². The predicted molar refractivity (Wildman–Crippen MR) is 88.4 cm³/mol. The lowest BCUT2D eigenvalue weighted by Crippen LogP contribution is -2.42. The second-order valence-corrected chi connectivity index (χ2v) is 8.69. The molecule has 0 amide bonds. The van der Waals surface area contributed by atoms with Crippen molar-refractivity contribution in [1.82, 2.24) is 9.62 Å². The van der Waals surface area contributed by atoms with E-state index in [9.17, 15) is 8.94 Å². The van der Waals surface area contributed by atoms with Gasteiger partial charge in [0.1, 0.15) is 10.6 Å². The van der Waals surface area contributed by atoms with Gasteiger partial charge >= 0.3 is 0 Å². The van der Waals surface area contributed by atoms with Gasteiger partial charge in [0.05, 0.1) is 11.1 Å². The van der Waals surface area contributed by atoms with Gasteiger partial charge in [-0.05, 0) is 53.9 Å². The van der Waals surface area contributed by atoms with Crippen molar-refractivity contribution in [3.63, 3.8) is 0 Å². The molecule has 0 aromatic heterocycles. The van der Waals surface area contributed by atoms with Gasteiger partial charge in [0.2, 0.25) is 0 Å². The molecule has 1 rings (SSSR count). The van der Waals surface area contributed by atoms with Gasteiger partial charge in [0.15, 0.2) is 0 Å². The number of hydrogen-bond donors (Lipinski definition) is 1. The number of nitrogens with zero attached hydrogens (tertiary/aromatic N) is 1. The average molecular weight is 335 g/mol. The van der Waals surface area contributed by atoms with Crippen molar-refractivity contribution in [2.45, 2.75) is 38.0 Å².